The maximum absolute atomic E-state index is 12.4. The van der Waals surface area contributed by atoms with Crippen LogP contribution in [-0.4, -0.2) is 32.4 Å². The lowest BCUT2D eigenvalue weighted by atomic mass is 10.0. The van der Waals surface area contributed by atoms with Gasteiger partial charge in [0.25, 0.3) is 0 Å². The molecular formula is C20H21ClN2O4S2. The van der Waals surface area contributed by atoms with Crippen molar-refractivity contribution in [2.24, 2.45) is 0 Å². The Morgan fingerprint density at radius 1 is 1.28 bits per heavy atom. The van der Waals surface area contributed by atoms with Gasteiger partial charge in [-0.25, -0.2) is 17.9 Å². The van der Waals surface area contributed by atoms with Crippen molar-refractivity contribution in [1.82, 2.24) is 9.62 Å². The molecule has 3 aromatic rings. The van der Waals surface area contributed by atoms with Crippen LogP contribution in [0.4, 0.5) is 0 Å². The molecule has 0 aliphatic carbocycles. The molecule has 154 valence electrons. The molecule has 0 bridgehead atoms. The minimum atomic E-state index is -3.45. The fourth-order valence-corrected chi connectivity index (χ4v) is 6.10. The van der Waals surface area contributed by atoms with Gasteiger partial charge in [0.1, 0.15) is 9.79 Å². The van der Waals surface area contributed by atoms with Crippen molar-refractivity contribution in [2.75, 3.05) is 13.1 Å². The van der Waals surface area contributed by atoms with Gasteiger partial charge in [-0.15, -0.1) is 11.3 Å². The number of fused-ring (bicyclic) bond motifs is 1. The van der Waals surface area contributed by atoms with Crippen LogP contribution in [0.1, 0.15) is 24.0 Å². The molecule has 1 aliphatic rings. The van der Waals surface area contributed by atoms with E-state index in [2.05, 4.69) is 9.62 Å². The zero-order chi connectivity index (χ0) is 20.6. The normalized spacial score (nSPS) is 16.5. The molecule has 1 aliphatic heterocycles. The molecule has 6 nitrogen and oxygen atoms in total. The maximum atomic E-state index is 12.4. The summed E-state index contributed by atoms with van der Waals surface area (Å²) in [7, 11) is -3.45. The number of likely N-dealkylation sites (tertiary alicyclic amines) is 1. The van der Waals surface area contributed by atoms with E-state index in [0.717, 1.165) is 29.6 Å². The van der Waals surface area contributed by atoms with Gasteiger partial charge < -0.3 is 4.42 Å². The zero-order valence-corrected chi connectivity index (χ0v) is 18.2. The molecular weight excluding hydrogens is 432 g/mol. The quantitative estimate of drug-likeness (QED) is 0.596. The first-order chi connectivity index (χ1) is 13.8. The molecule has 0 unspecified atom stereocenters. The molecule has 29 heavy (non-hydrogen) atoms. The highest BCUT2D eigenvalue weighted by molar-refractivity contribution is 7.91. The summed E-state index contributed by atoms with van der Waals surface area (Å²) >= 11 is 7.48. The summed E-state index contributed by atoms with van der Waals surface area (Å²) in [5.41, 5.74) is 1.88. The molecule has 9 heteroatoms. The number of nitrogens with zero attached hydrogens (tertiary/aromatic N) is 1. The summed E-state index contributed by atoms with van der Waals surface area (Å²) in [6.45, 7) is 3.93. The predicted molar refractivity (Wildman–Crippen MR) is 115 cm³/mol. The van der Waals surface area contributed by atoms with E-state index >= 15 is 0 Å². The first-order valence-corrected chi connectivity index (χ1v) is 12.1. The lowest BCUT2D eigenvalue weighted by Crippen LogP contribution is -2.44. The Hall–Kier alpha value is -1.71. The van der Waals surface area contributed by atoms with E-state index in [0.29, 0.717) is 34.2 Å². The highest BCUT2D eigenvalue weighted by Gasteiger charge is 2.25. The first-order valence-electron chi connectivity index (χ1n) is 9.33. The van der Waals surface area contributed by atoms with Gasteiger partial charge in [-0.05, 0) is 54.5 Å². The number of thiophene rings is 1. The van der Waals surface area contributed by atoms with Crippen LogP contribution in [0.15, 0.2) is 49.1 Å². The van der Waals surface area contributed by atoms with Crippen LogP contribution in [-0.2, 0) is 16.6 Å². The SMILES string of the molecule is Cc1cc2oc(=O)cc(CN3CCC(NS(=O)(=O)c4cccs4)CC3)c2cc1Cl. The second-order valence-corrected chi connectivity index (χ2v) is 10.6. The number of benzene rings is 1. The van der Waals surface area contributed by atoms with Crippen molar-refractivity contribution >= 4 is 43.9 Å². The fourth-order valence-electron chi connectivity index (χ4n) is 3.62. The lowest BCUT2D eigenvalue weighted by molar-refractivity contribution is 0.200. The van der Waals surface area contributed by atoms with Crippen LogP contribution in [0, 0.1) is 6.92 Å². The molecule has 1 N–H and O–H groups in total. The van der Waals surface area contributed by atoms with Crippen molar-refractivity contribution in [3.63, 3.8) is 0 Å². The van der Waals surface area contributed by atoms with Crippen molar-refractivity contribution in [3.8, 4) is 0 Å². The number of rotatable bonds is 5. The van der Waals surface area contributed by atoms with Crippen LogP contribution in [0.5, 0.6) is 0 Å². The number of piperidine rings is 1. The smallest absolute Gasteiger partial charge is 0.336 e. The molecule has 2 aromatic heterocycles. The number of sulfonamides is 1. The second kappa shape index (κ2) is 8.20. The van der Waals surface area contributed by atoms with Crippen molar-refractivity contribution < 1.29 is 12.8 Å². The summed E-state index contributed by atoms with van der Waals surface area (Å²) in [6.07, 6.45) is 1.42. The largest absolute Gasteiger partial charge is 0.423 e. The molecule has 0 amide bonds. The third-order valence-corrected chi connectivity index (χ3v) is 8.50. The molecule has 0 saturated carbocycles. The average Bonchev–Trinajstić information content (AvgIpc) is 3.20. The number of hydrogen-bond donors (Lipinski definition) is 1. The third-order valence-electron chi connectivity index (χ3n) is 5.17. The van der Waals surface area contributed by atoms with E-state index in [1.54, 1.807) is 23.6 Å². The fraction of sp³-hybridized carbons (Fsp3) is 0.350. The topological polar surface area (TPSA) is 79.6 Å². The van der Waals surface area contributed by atoms with E-state index in [1.165, 1.54) is 17.4 Å². The molecule has 4 rings (SSSR count). The van der Waals surface area contributed by atoms with Crippen LogP contribution in [0.3, 0.4) is 0 Å². The minimum Gasteiger partial charge on any atom is -0.423 e. The van der Waals surface area contributed by atoms with Gasteiger partial charge >= 0.3 is 5.63 Å². The van der Waals surface area contributed by atoms with Gasteiger partial charge in [0.05, 0.1) is 0 Å². The average molecular weight is 453 g/mol. The van der Waals surface area contributed by atoms with E-state index < -0.39 is 10.0 Å². The van der Waals surface area contributed by atoms with Gasteiger partial charge in [-0.3, -0.25) is 4.90 Å². The summed E-state index contributed by atoms with van der Waals surface area (Å²) in [6, 6.07) is 8.39. The second-order valence-electron chi connectivity index (χ2n) is 7.29. The summed E-state index contributed by atoms with van der Waals surface area (Å²) in [4.78, 5) is 14.2. The Morgan fingerprint density at radius 3 is 2.72 bits per heavy atom. The Labute approximate surface area is 178 Å². The van der Waals surface area contributed by atoms with Crippen LogP contribution in [0.2, 0.25) is 5.02 Å². The van der Waals surface area contributed by atoms with Gasteiger partial charge in [-0.2, -0.15) is 0 Å². The Morgan fingerprint density at radius 2 is 2.03 bits per heavy atom. The maximum Gasteiger partial charge on any atom is 0.336 e. The minimum absolute atomic E-state index is 0.0898. The van der Waals surface area contributed by atoms with Crippen LogP contribution < -0.4 is 10.3 Å². The van der Waals surface area contributed by atoms with E-state index in [1.807, 2.05) is 13.0 Å². The highest BCUT2D eigenvalue weighted by Crippen LogP contribution is 2.27. The number of hydrogen-bond acceptors (Lipinski definition) is 6. The Bertz CT molecular complexity index is 1180. The van der Waals surface area contributed by atoms with Crippen LogP contribution >= 0.6 is 22.9 Å². The molecule has 0 radical (unpaired) electrons. The molecule has 1 saturated heterocycles. The van der Waals surface area contributed by atoms with Crippen molar-refractivity contribution in [3.05, 3.63) is 62.3 Å². The monoisotopic (exact) mass is 452 g/mol. The summed E-state index contributed by atoms with van der Waals surface area (Å²) in [5.74, 6) is 0. The highest BCUT2D eigenvalue weighted by atomic mass is 35.5. The van der Waals surface area contributed by atoms with Gasteiger partial charge in [0.2, 0.25) is 10.0 Å². The third kappa shape index (κ3) is 4.57. The Kier molecular flexibility index (Phi) is 5.81. The van der Waals surface area contributed by atoms with E-state index in [9.17, 15) is 13.2 Å². The molecule has 0 spiro atoms. The molecule has 1 aromatic carbocycles. The number of halogens is 1. The standard InChI is InChI=1S/C20H21ClN2O4S2/c1-13-9-18-16(11-17(13)21)14(10-19(24)27-18)12-23-6-4-15(5-7-23)22-29(25,26)20-3-2-8-28-20/h2-3,8-11,15,22H,4-7,12H2,1H3. The predicted octanol–water partition coefficient (Wildman–Crippen LogP) is 3.76. The van der Waals surface area contributed by atoms with E-state index in [4.69, 9.17) is 16.0 Å². The van der Waals surface area contributed by atoms with Crippen LogP contribution in [0.25, 0.3) is 11.0 Å². The van der Waals surface area contributed by atoms with Crippen molar-refractivity contribution in [2.45, 2.75) is 36.6 Å². The number of nitrogens with one attached hydrogen (secondary N) is 1. The Balaban J connectivity index is 1.45. The molecule has 0 atom stereocenters. The van der Waals surface area contributed by atoms with E-state index in [-0.39, 0.29) is 11.7 Å². The van der Waals surface area contributed by atoms with Gasteiger partial charge in [-0.1, -0.05) is 17.7 Å². The van der Waals surface area contributed by atoms with Gasteiger partial charge in [0, 0.05) is 42.2 Å². The lowest BCUT2D eigenvalue weighted by Gasteiger charge is -2.32. The molecule has 1 fully saturated rings. The van der Waals surface area contributed by atoms with Gasteiger partial charge in [0.15, 0.2) is 0 Å². The van der Waals surface area contributed by atoms with Crippen molar-refractivity contribution in [1.29, 1.82) is 0 Å². The summed E-state index contributed by atoms with van der Waals surface area (Å²) < 4.78 is 33.3. The molecule has 3 heterocycles. The summed E-state index contributed by atoms with van der Waals surface area (Å²) in [5, 5.41) is 3.22. The first kappa shape index (κ1) is 20.6. The number of aryl methyl sites for hydroxylation is 1. The zero-order valence-electron chi connectivity index (χ0n) is 15.9.